The summed E-state index contributed by atoms with van der Waals surface area (Å²) >= 11 is 0. The molecule has 2 aliphatic rings. The van der Waals surface area contributed by atoms with E-state index in [1.54, 1.807) is 27.7 Å². The van der Waals surface area contributed by atoms with Crippen LogP contribution in [0.4, 0.5) is 28.0 Å². The maximum Gasteiger partial charge on any atom is 0.414 e. The molecule has 4 aromatic rings. The zero-order valence-corrected chi connectivity index (χ0v) is 37.2. The third kappa shape index (κ3) is 12.5. The third-order valence-electron chi connectivity index (χ3n) is 9.35. The quantitative estimate of drug-likeness (QED) is 0.113. The van der Waals surface area contributed by atoms with Gasteiger partial charge >= 0.3 is 12.1 Å². The molecule has 1 fully saturated rings. The van der Waals surface area contributed by atoms with E-state index in [4.69, 9.17) is 15.6 Å². The molecule has 2 aromatic carbocycles. The number of benzene rings is 2. The Morgan fingerprint density at radius 1 is 0.844 bits per heavy atom. The fourth-order valence-electron chi connectivity index (χ4n) is 6.15. The van der Waals surface area contributed by atoms with Gasteiger partial charge in [-0.05, 0) is 88.7 Å². The lowest BCUT2D eigenvalue weighted by atomic mass is 9.90. The van der Waals surface area contributed by atoms with E-state index in [9.17, 15) is 48.8 Å². The number of anilines is 1. The van der Waals surface area contributed by atoms with Crippen molar-refractivity contribution in [3.8, 4) is 0 Å². The van der Waals surface area contributed by atoms with Crippen LogP contribution in [0.25, 0.3) is 0 Å². The number of ketones is 1. The zero-order valence-electron chi connectivity index (χ0n) is 35.6. The molecule has 0 aliphatic carbocycles. The van der Waals surface area contributed by atoms with E-state index in [0.717, 1.165) is 45.3 Å². The summed E-state index contributed by atoms with van der Waals surface area (Å²) in [4.78, 5) is 45.9. The van der Waals surface area contributed by atoms with Crippen molar-refractivity contribution in [1.82, 2.24) is 29.2 Å². The van der Waals surface area contributed by atoms with Crippen LogP contribution in [0.15, 0.2) is 90.4 Å². The number of nitrogen functional groups attached to an aromatic ring is 1. The number of carboxylic acids is 1. The van der Waals surface area contributed by atoms with E-state index in [-0.39, 0.29) is 57.9 Å². The summed E-state index contributed by atoms with van der Waals surface area (Å²) in [5, 5.41) is 13.6. The number of aromatic carboxylic acids is 1. The molecule has 6 rings (SSSR count). The van der Waals surface area contributed by atoms with E-state index in [1.165, 1.54) is 57.4 Å². The molecule has 1 amide bonds. The number of carbonyl (C=O) groups is 3. The van der Waals surface area contributed by atoms with Crippen molar-refractivity contribution in [1.29, 1.82) is 0 Å². The van der Waals surface area contributed by atoms with Crippen LogP contribution in [0.3, 0.4) is 0 Å². The molecule has 2 atom stereocenters. The highest BCUT2D eigenvalue weighted by molar-refractivity contribution is 7.89. The number of Topliss-reactive ketones (excluding diaryl/α,β-unsaturated/α-hetero) is 1. The predicted molar refractivity (Wildman–Crippen MR) is 227 cm³/mol. The first-order chi connectivity index (χ1) is 29.4. The lowest BCUT2D eigenvalue weighted by Gasteiger charge is -2.41. The van der Waals surface area contributed by atoms with Crippen molar-refractivity contribution in [3.05, 3.63) is 137 Å². The number of hydrogen-bond donors (Lipinski definition) is 4. The molecule has 4 heterocycles. The third-order valence-corrected chi connectivity index (χ3v) is 13.3. The van der Waals surface area contributed by atoms with Gasteiger partial charge in [-0.1, -0.05) is 18.7 Å². The van der Waals surface area contributed by atoms with E-state index < -0.39 is 77.8 Å². The number of nitrogens with zero attached hydrogens (tertiary/aromatic N) is 5. The van der Waals surface area contributed by atoms with Gasteiger partial charge in [-0.15, -0.1) is 0 Å². The number of carboxylic acid groups (broad SMARTS) is 1. The minimum absolute atomic E-state index is 0.0256. The summed E-state index contributed by atoms with van der Waals surface area (Å²) < 4.78 is 111. The van der Waals surface area contributed by atoms with Crippen LogP contribution in [0, 0.1) is 23.3 Å². The molecule has 0 unspecified atom stereocenters. The lowest BCUT2D eigenvalue weighted by molar-refractivity contribution is 0.0557. The highest BCUT2D eigenvalue weighted by Gasteiger charge is 2.44. The second-order valence-corrected chi connectivity index (χ2v) is 19.9. The van der Waals surface area contributed by atoms with Gasteiger partial charge in [0.05, 0.1) is 29.4 Å². The number of pyridine rings is 2. The maximum atomic E-state index is 14.6. The van der Waals surface area contributed by atoms with Crippen molar-refractivity contribution in [2.24, 2.45) is 4.99 Å². The number of carbonyl (C=O) groups excluding carboxylic acids is 2. The summed E-state index contributed by atoms with van der Waals surface area (Å²) in [5.74, 6) is -4.82. The van der Waals surface area contributed by atoms with Gasteiger partial charge in [0.25, 0.3) is 0 Å². The number of sulfonamides is 2. The molecule has 2 aliphatic heterocycles. The van der Waals surface area contributed by atoms with Crippen LogP contribution in [0.5, 0.6) is 0 Å². The lowest BCUT2D eigenvalue weighted by Crippen LogP contribution is -2.56. The van der Waals surface area contributed by atoms with Crippen molar-refractivity contribution in [3.63, 3.8) is 0 Å². The number of hydrogen-bond acceptors (Lipinski definition) is 13. The van der Waals surface area contributed by atoms with Crippen molar-refractivity contribution in [2.45, 2.75) is 57.7 Å². The Labute approximate surface area is 367 Å². The molecule has 5 N–H and O–H groups in total. The van der Waals surface area contributed by atoms with Crippen LogP contribution < -0.4 is 16.4 Å². The van der Waals surface area contributed by atoms with Crippen LogP contribution in [0.2, 0.25) is 0 Å². The topological polar surface area (TPSA) is 244 Å². The number of nitrogens with two attached hydrogens (primary N) is 1. The number of ether oxygens (including phenoxy) is 1. The molecule has 23 heteroatoms. The van der Waals surface area contributed by atoms with Crippen LogP contribution in [0.1, 0.15) is 72.3 Å². The Morgan fingerprint density at radius 2 is 1.39 bits per heavy atom. The Kier molecular flexibility index (Phi) is 14.9. The van der Waals surface area contributed by atoms with Gasteiger partial charge in [0.1, 0.15) is 51.6 Å². The van der Waals surface area contributed by atoms with Gasteiger partial charge in [0.2, 0.25) is 26.0 Å². The maximum absolute atomic E-state index is 14.6. The molecule has 0 spiro atoms. The van der Waals surface area contributed by atoms with Gasteiger partial charge in [0.15, 0.2) is 5.78 Å². The number of rotatable bonds is 6. The summed E-state index contributed by atoms with van der Waals surface area (Å²) in [7, 11) is -4.92. The number of guanidine groups is 1. The molecule has 2 aromatic heterocycles. The predicted octanol–water partition coefficient (Wildman–Crippen LogP) is 5.03. The monoisotopic (exact) mass is 934 g/mol. The minimum atomic E-state index is -3.86. The van der Waals surface area contributed by atoms with E-state index in [2.05, 4.69) is 32.2 Å². The van der Waals surface area contributed by atoms with Crippen molar-refractivity contribution >= 4 is 49.5 Å². The molecule has 344 valence electrons. The molecular weight excluding hydrogens is 889 g/mol. The smallest absolute Gasteiger partial charge is 0.414 e. The number of amides is 1. The van der Waals surface area contributed by atoms with Gasteiger partial charge in [0, 0.05) is 37.3 Å². The van der Waals surface area contributed by atoms with E-state index in [1.807, 2.05) is 0 Å². The fourth-order valence-corrected chi connectivity index (χ4v) is 9.15. The average Bonchev–Trinajstić information content (AvgIpc) is 3.17. The Balaban J connectivity index is 0.000000232. The average molecular weight is 935 g/mol. The Morgan fingerprint density at radius 3 is 1.92 bits per heavy atom. The summed E-state index contributed by atoms with van der Waals surface area (Å²) in [6.45, 7) is 11.7. The summed E-state index contributed by atoms with van der Waals surface area (Å²) in [6.07, 6.45) is 0.859. The van der Waals surface area contributed by atoms with Gasteiger partial charge in [-0.25, -0.2) is 58.3 Å². The highest BCUT2D eigenvalue weighted by Crippen LogP contribution is 2.35. The number of halogens is 4. The van der Waals surface area contributed by atoms with Crippen LogP contribution in [-0.2, 0) is 42.3 Å². The first-order valence-corrected chi connectivity index (χ1v) is 22.0. The van der Waals surface area contributed by atoms with Gasteiger partial charge in [-0.2, -0.15) is 0 Å². The minimum Gasteiger partial charge on any atom is -0.477 e. The molecule has 0 saturated carbocycles. The number of nitrogens with one attached hydrogen (secondary N) is 2. The van der Waals surface area contributed by atoms with Crippen LogP contribution >= 0.6 is 0 Å². The SMILES string of the molecule is C=C1N[C@](C)(c2cc(CC(=O)c3ccc(F)cn3)ccc2F)CS(=O)(=O)N1C.CN1C(NC(=O)OC(C)(C)C)=N[C@](C)(c2cc(N)ccc2F)CS1(=O)=O.O=C(O)c1ccc(F)cn1. The van der Waals surface area contributed by atoms with E-state index in [0.29, 0.717) is 5.56 Å². The molecule has 0 radical (unpaired) electrons. The summed E-state index contributed by atoms with van der Waals surface area (Å²) in [6, 6.07) is 12.5. The second-order valence-electron chi connectivity index (χ2n) is 15.9. The molecule has 1 saturated heterocycles. The fraction of sp³-hybridized carbons (Fsp3) is 0.317. The van der Waals surface area contributed by atoms with E-state index >= 15 is 0 Å². The van der Waals surface area contributed by atoms with Crippen molar-refractivity contribution < 1.29 is 58.6 Å². The van der Waals surface area contributed by atoms with Crippen LogP contribution in [-0.4, -0.2) is 95.5 Å². The Hall–Kier alpha value is -6.62. The molecule has 0 bridgehead atoms. The number of aromatic nitrogens is 2. The normalized spacial score (nSPS) is 19.9. The van der Waals surface area contributed by atoms with Crippen molar-refractivity contribution in [2.75, 3.05) is 31.3 Å². The highest BCUT2D eigenvalue weighted by atomic mass is 32.2. The standard InChI is InChI=1S/C19H19F2N3O3S.C16H23FN4O4S.C6H4FNO2/c1-12-23-19(2,11-28(26,27)24(12)3)15-8-13(4-6-16(15)21)9-18(25)17-7-5-14(20)10-22-17;1-15(2,3)25-14(22)19-13-20-16(4,9-26(23,24)21(13)5)11-8-10(18)6-7-12(11)17;7-4-1-2-5(6(9)10)8-3-4/h4-8,10,23H,1,9,11H2,2-3H3;6-8H,9,18H2,1-5H3,(H,19,20,22);1-3H,(H,9,10)/t19-;16-;/m00./s1. The largest absolute Gasteiger partial charge is 0.477 e. The molecule has 17 nitrogen and oxygen atoms in total. The number of aliphatic imine (C=N–C) groups is 1. The Bertz CT molecular complexity index is 2700. The number of alkyl carbamates (subject to hydrolysis) is 1. The van der Waals surface area contributed by atoms with Gasteiger partial charge in [-0.3, -0.25) is 19.4 Å². The first-order valence-electron chi connectivity index (χ1n) is 18.8. The van der Waals surface area contributed by atoms with Gasteiger partial charge < -0.3 is 20.9 Å². The zero-order chi connectivity index (χ0) is 48.2. The second kappa shape index (κ2) is 19.0. The first kappa shape index (κ1) is 50.0. The molecule has 64 heavy (non-hydrogen) atoms. The molecular formula is C41H46F4N8O9S2. The summed E-state index contributed by atoms with van der Waals surface area (Å²) in [5.41, 5.74) is 3.05.